The fraction of sp³-hybridized carbons (Fsp3) is 0. The van der Waals surface area contributed by atoms with Crippen molar-refractivity contribution in [3.05, 3.63) is 139 Å². The summed E-state index contributed by atoms with van der Waals surface area (Å²) in [6.45, 7) is 0. The van der Waals surface area contributed by atoms with Crippen molar-refractivity contribution in [3.63, 3.8) is 0 Å². The van der Waals surface area contributed by atoms with Crippen LogP contribution in [0.25, 0.3) is 65.4 Å². The smallest absolute Gasteiger partial charge is 0.159 e. The number of fused-ring (bicyclic) bond motifs is 10. The first kappa shape index (κ1) is 23.1. The van der Waals surface area contributed by atoms with E-state index in [0.29, 0.717) is 0 Å². The number of halogens is 1. The molecular formula is C38H22FNO2. The lowest BCUT2D eigenvalue weighted by Crippen LogP contribution is -2.11. The van der Waals surface area contributed by atoms with Gasteiger partial charge in [0.2, 0.25) is 0 Å². The molecule has 0 spiro atoms. The first-order valence-electron chi connectivity index (χ1n) is 14.0. The molecule has 0 atom stereocenters. The maximum absolute atomic E-state index is 14.2. The summed E-state index contributed by atoms with van der Waals surface area (Å²) in [5.74, 6) is -0.287. The van der Waals surface area contributed by atoms with Crippen molar-refractivity contribution in [2.75, 3.05) is 4.90 Å². The van der Waals surface area contributed by atoms with E-state index in [0.717, 1.165) is 82.5 Å². The standard InChI is InChI=1S/C38H22FNO2/c39-24-17-19-25(20-18-24)40(32-14-7-13-30-28-11-5-6-15-34(28)41-38(30)32)33-22-35-36(29-12-4-3-10-27(29)33)31-21-16-23-8-1-2-9-26(23)37(31)42-35/h1-22H. The zero-order chi connectivity index (χ0) is 27.8. The van der Waals surface area contributed by atoms with Gasteiger partial charge in [-0.2, -0.15) is 0 Å². The molecule has 0 amide bonds. The molecule has 2 aromatic heterocycles. The number of para-hydroxylation sites is 2. The third-order valence-electron chi connectivity index (χ3n) is 8.30. The summed E-state index contributed by atoms with van der Waals surface area (Å²) in [4.78, 5) is 2.15. The second kappa shape index (κ2) is 8.69. The Morgan fingerprint density at radius 2 is 1.14 bits per heavy atom. The first-order chi connectivity index (χ1) is 20.7. The van der Waals surface area contributed by atoms with Crippen molar-refractivity contribution in [1.29, 1.82) is 0 Å². The Morgan fingerprint density at radius 3 is 2.00 bits per heavy atom. The highest BCUT2D eigenvalue weighted by Crippen LogP contribution is 2.47. The van der Waals surface area contributed by atoms with Crippen LogP contribution in [0.4, 0.5) is 21.5 Å². The molecule has 3 nitrogen and oxygen atoms in total. The van der Waals surface area contributed by atoms with E-state index < -0.39 is 0 Å². The van der Waals surface area contributed by atoms with E-state index in [1.54, 1.807) is 0 Å². The maximum atomic E-state index is 14.2. The van der Waals surface area contributed by atoms with E-state index in [4.69, 9.17) is 8.83 Å². The van der Waals surface area contributed by atoms with Crippen molar-refractivity contribution in [2.24, 2.45) is 0 Å². The second-order valence-electron chi connectivity index (χ2n) is 10.6. The molecule has 0 saturated carbocycles. The Hall–Kier alpha value is -5.61. The molecular weight excluding hydrogens is 521 g/mol. The van der Waals surface area contributed by atoms with Crippen LogP contribution in [-0.4, -0.2) is 0 Å². The Balaban J connectivity index is 1.41. The number of benzene rings is 7. The van der Waals surface area contributed by atoms with Crippen LogP contribution in [0.3, 0.4) is 0 Å². The Morgan fingerprint density at radius 1 is 0.452 bits per heavy atom. The summed E-state index contributed by atoms with van der Waals surface area (Å²) < 4.78 is 27.4. The zero-order valence-electron chi connectivity index (χ0n) is 22.3. The lowest BCUT2D eigenvalue weighted by molar-refractivity contribution is 0.628. The molecule has 0 aliphatic carbocycles. The lowest BCUT2D eigenvalue weighted by Gasteiger charge is -2.27. The molecule has 0 fully saturated rings. The molecule has 198 valence electrons. The SMILES string of the molecule is Fc1ccc(N(c2cc3oc4c5ccccc5ccc4c3c3ccccc23)c2cccc3c2oc2ccccc23)cc1. The van der Waals surface area contributed by atoms with Gasteiger partial charge < -0.3 is 13.7 Å². The van der Waals surface area contributed by atoms with Crippen LogP contribution in [0.5, 0.6) is 0 Å². The fourth-order valence-electron chi connectivity index (χ4n) is 6.44. The largest absolute Gasteiger partial charge is 0.455 e. The van der Waals surface area contributed by atoms with Gasteiger partial charge in [0.05, 0.1) is 11.4 Å². The van der Waals surface area contributed by atoms with E-state index in [1.165, 1.54) is 12.1 Å². The van der Waals surface area contributed by atoms with Crippen molar-refractivity contribution < 1.29 is 13.2 Å². The molecule has 0 N–H and O–H groups in total. The summed E-state index contributed by atoms with van der Waals surface area (Å²) in [6.07, 6.45) is 0. The van der Waals surface area contributed by atoms with Crippen LogP contribution < -0.4 is 4.90 Å². The average molecular weight is 544 g/mol. The summed E-state index contributed by atoms with van der Waals surface area (Å²) in [6, 6.07) is 44.0. The van der Waals surface area contributed by atoms with Gasteiger partial charge in [0, 0.05) is 44.1 Å². The van der Waals surface area contributed by atoms with E-state index in [2.05, 4.69) is 77.7 Å². The van der Waals surface area contributed by atoms with Crippen molar-refractivity contribution in [2.45, 2.75) is 0 Å². The highest BCUT2D eigenvalue weighted by molar-refractivity contribution is 6.26. The summed E-state index contributed by atoms with van der Waals surface area (Å²) in [5.41, 5.74) is 5.85. The van der Waals surface area contributed by atoms with E-state index in [1.807, 2.05) is 48.5 Å². The minimum absolute atomic E-state index is 0.287. The van der Waals surface area contributed by atoms with Crippen molar-refractivity contribution in [1.82, 2.24) is 0 Å². The third kappa shape index (κ3) is 3.26. The topological polar surface area (TPSA) is 29.5 Å². The highest BCUT2D eigenvalue weighted by atomic mass is 19.1. The maximum Gasteiger partial charge on any atom is 0.159 e. The molecule has 42 heavy (non-hydrogen) atoms. The first-order valence-corrected chi connectivity index (χ1v) is 14.0. The number of anilines is 3. The van der Waals surface area contributed by atoms with Gasteiger partial charge in [0.25, 0.3) is 0 Å². The zero-order valence-corrected chi connectivity index (χ0v) is 22.3. The van der Waals surface area contributed by atoms with Gasteiger partial charge in [-0.1, -0.05) is 84.9 Å². The van der Waals surface area contributed by atoms with Crippen molar-refractivity contribution in [3.8, 4) is 0 Å². The molecule has 0 unspecified atom stereocenters. The van der Waals surface area contributed by atoms with Crippen LogP contribution in [0.2, 0.25) is 0 Å². The summed E-state index contributed by atoms with van der Waals surface area (Å²) in [5, 5.41) is 8.60. The van der Waals surface area contributed by atoms with Crippen LogP contribution in [0.1, 0.15) is 0 Å². The molecule has 0 bridgehead atoms. The van der Waals surface area contributed by atoms with Gasteiger partial charge >= 0.3 is 0 Å². The highest BCUT2D eigenvalue weighted by Gasteiger charge is 2.23. The minimum Gasteiger partial charge on any atom is -0.455 e. The van der Waals surface area contributed by atoms with Crippen LogP contribution >= 0.6 is 0 Å². The Bertz CT molecular complexity index is 2490. The summed E-state index contributed by atoms with van der Waals surface area (Å²) in [7, 11) is 0. The Labute approximate surface area is 239 Å². The minimum atomic E-state index is -0.287. The normalized spacial score (nSPS) is 11.9. The Kier molecular flexibility index (Phi) is 4.79. The lowest BCUT2D eigenvalue weighted by atomic mass is 9.99. The molecule has 0 radical (unpaired) electrons. The fourth-order valence-corrected chi connectivity index (χ4v) is 6.44. The molecule has 2 heterocycles. The van der Waals surface area contributed by atoms with E-state index >= 15 is 0 Å². The quantitative estimate of drug-likeness (QED) is 0.222. The van der Waals surface area contributed by atoms with Crippen LogP contribution in [-0.2, 0) is 0 Å². The van der Waals surface area contributed by atoms with Gasteiger partial charge in [-0.3, -0.25) is 0 Å². The van der Waals surface area contributed by atoms with Crippen LogP contribution in [0, 0.1) is 5.82 Å². The third-order valence-corrected chi connectivity index (χ3v) is 8.30. The number of nitrogens with zero attached hydrogens (tertiary/aromatic N) is 1. The molecule has 9 rings (SSSR count). The molecule has 7 aromatic carbocycles. The summed E-state index contributed by atoms with van der Waals surface area (Å²) >= 11 is 0. The second-order valence-corrected chi connectivity index (χ2v) is 10.6. The van der Waals surface area contributed by atoms with Gasteiger partial charge in [-0.15, -0.1) is 0 Å². The molecule has 4 heteroatoms. The monoisotopic (exact) mass is 543 g/mol. The van der Waals surface area contributed by atoms with Crippen molar-refractivity contribution >= 4 is 82.5 Å². The number of rotatable bonds is 3. The van der Waals surface area contributed by atoms with Crippen LogP contribution in [0.15, 0.2) is 142 Å². The molecule has 0 saturated heterocycles. The molecule has 0 aliphatic heterocycles. The van der Waals surface area contributed by atoms with E-state index in [-0.39, 0.29) is 5.82 Å². The predicted octanol–water partition coefficient (Wildman–Crippen LogP) is 11.4. The van der Waals surface area contributed by atoms with Gasteiger partial charge in [-0.05, 0) is 53.2 Å². The number of hydrogen-bond acceptors (Lipinski definition) is 3. The number of furan rings is 2. The van der Waals surface area contributed by atoms with Gasteiger partial charge in [0.15, 0.2) is 5.58 Å². The van der Waals surface area contributed by atoms with Gasteiger partial charge in [-0.25, -0.2) is 4.39 Å². The molecule has 9 aromatic rings. The van der Waals surface area contributed by atoms with E-state index in [9.17, 15) is 4.39 Å². The van der Waals surface area contributed by atoms with Gasteiger partial charge in [0.1, 0.15) is 22.6 Å². The predicted molar refractivity (Wildman–Crippen MR) is 171 cm³/mol. The molecule has 0 aliphatic rings. The average Bonchev–Trinajstić information content (AvgIpc) is 3.61. The number of hydrogen-bond donors (Lipinski definition) is 0.